The van der Waals surface area contributed by atoms with E-state index in [2.05, 4.69) is 9.97 Å². The molecule has 0 radical (unpaired) electrons. The first-order chi connectivity index (χ1) is 7.74. The zero-order valence-electron chi connectivity index (χ0n) is 8.08. The minimum atomic E-state index is -0.277. The lowest BCUT2D eigenvalue weighted by Gasteiger charge is -2.19. The van der Waals surface area contributed by atoms with Gasteiger partial charge in [0.1, 0.15) is 12.4 Å². The van der Waals surface area contributed by atoms with Crippen LogP contribution in [0.5, 0.6) is 5.88 Å². The van der Waals surface area contributed by atoms with E-state index in [1.807, 2.05) is 0 Å². The van der Waals surface area contributed by atoms with Gasteiger partial charge < -0.3 is 4.74 Å². The lowest BCUT2D eigenvalue weighted by molar-refractivity contribution is 0.289. The summed E-state index contributed by atoms with van der Waals surface area (Å²) < 4.78 is 18.4. The SMILES string of the molecule is Fc1ccc2c(c1)COc1nc(Cl)ncc1-2. The molecule has 0 unspecified atom stereocenters. The third-order valence-electron chi connectivity index (χ3n) is 2.45. The first-order valence-corrected chi connectivity index (χ1v) is 5.06. The third kappa shape index (κ3) is 1.42. The van der Waals surface area contributed by atoms with Gasteiger partial charge in [0.2, 0.25) is 11.2 Å². The molecule has 0 saturated carbocycles. The first-order valence-electron chi connectivity index (χ1n) is 4.68. The molecule has 0 saturated heterocycles. The Kier molecular flexibility index (Phi) is 2.04. The molecule has 0 atom stereocenters. The molecule has 80 valence electrons. The maximum Gasteiger partial charge on any atom is 0.226 e. The summed E-state index contributed by atoms with van der Waals surface area (Å²) in [5.74, 6) is 0.166. The molecule has 1 aliphatic heterocycles. The van der Waals surface area contributed by atoms with Gasteiger partial charge in [-0.25, -0.2) is 9.37 Å². The topological polar surface area (TPSA) is 35.0 Å². The molecule has 0 N–H and O–H groups in total. The average molecular weight is 237 g/mol. The second-order valence-corrected chi connectivity index (χ2v) is 3.79. The highest BCUT2D eigenvalue weighted by atomic mass is 35.5. The second kappa shape index (κ2) is 3.42. The van der Waals surface area contributed by atoms with Crippen molar-refractivity contribution in [2.24, 2.45) is 0 Å². The summed E-state index contributed by atoms with van der Waals surface area (Å²) in [7, 11) is 0. The van der Waals surface area contributed by atoms with E-state index < -0.39 is 0 Å². The van der Waals surface area contributed by atoms with Crippen molar-refractivity contribution in [1.82, 2.24) is 9.97 Å². The van der Waals surface area contributed by atoms with Gasteiger partial charge in [-0.2, -0.15) is 4.98 Å². The lowest BCUT2D eigenvalue weighted by atomic mass is 10.0. The predicted molar refractivity (Wildman–Crippen MR) is 56.8 cm³/mol. The van der Waals surface area contributed by atoms with Crippen LogP contribution in [0.25, 0.3) is 11.1 Å². The Morgan fingerprint density at radius 1 is 1.31 bits per heavy atom. The van der Waals surface area contributed by atoms with Gasteiger partial charge in [0.25, 0.3) is 0 Å². The zero-order chi connectivity index (χ0) is 11.1. The molecule has 0 bridgehead atoms. The summed E-state index contributed by atoms with van der Waals surface area (Å²) in [6, 6.07) is 4.55. The van der Waals surface area contributed by atoms with Crippen molar-refractivity contribution in [2.75, 3.05) is 0 Å². The van der Waals surface area contributed by atoms with Gasteiger partial charge in [-0.3, -0.25) is 0 Å². The van der Waals surface area contributed by atoms with Gasteiger partial charge in [-0.15, -0.1) is 0 Å². The fourth-order valence-electron chi connectivity index (χ4n) is 1.73. The molecule has 3 nitrogen and oxygen atoms in total. The van der Waals surface area contributed by atoms with Crippen molar-refractivity contribution < 1.29 is 9.13 Å². The largest absolute Gasteiger partial charge is 0.472 e. The van der Waals surface area contributed by atoms with Crippen LogP contribution in [0.4, 0.5) is 4.39 Å². The second-order valence-electron chi connectivity index (χ2n) is 3.45. The monoisotopic (exact) mass is 236 g/mol. The van der Waals surface area contributed by atoms with E-state index in [0.29, 0.717) is 12.5 Å². The van der Waals surface area contributed by atoms with Crippen molar-refractivity contribution in [3.8, 4) is 17.0 Å². The third-order valence-corrected chi connectivity index (χ3v) is 2.63. The van der Waals surface area contributed by atoms with Gasteiger partial charge in [0, 0.05) is 11.8 Å². The van der Waals surface area contributed by atoms with E-state index in [-0.39, 0.29) is 11.1 Å². The first kappa shape index (κ1) is 9.54. The van der Waals surface area contributed by atoms with Gasteiger partial charge in [-0.1, -0.05) is 6.07 Å². The van der Waals surface area contributed by atoms with Gasteiger partial charge >= 0.3 is 0 Å². The van der Waals surface area contributed by atoms with E-state index in [1.165, 1.54) is 12.1 Å². The average Bonchev–Trinajstić information content (AvgIpc) is 2.28. The minimum Gasteiger partial charge on any atom is -0.472 e. The zero-order valence-corrected chi connectivity index (χ0v) is 8.83. The van der Waals surface area contributed by atoms with Crippen molar-refractivity contribution >= 4 is 11.6 Å². The number of rotatable bonds is 0. The molecule has 0 aliphatic carbocycles. The van der Waals surface area contributed by atoms with Crippen LogP contribution < -0.4 is 4.74 Å². The van der Waals surface area contributed by atoms with E-state index in [4.69, 9.17) is 16.3 Å². The maximum atomic E-state index is 13.0. The smallest absolute Gasteiger partial charge is 0.226 e. The van der Waals surface area contributed by atoms with Crippen LogP contribution in [-0.4, -0.2) is 9.97 Å². The van der Waals surface area contributed by atoms with Crippen LogP contribution in [0.3, 0.4) is 0 Å². The lowest BCUT2D eigenvalue weighted by Crippen LogP contribution is -2.08. The van der Waals surface area contributed by atoms with Crippen LogP contribution in [0.2, 0.25) is 5.28 Å². The van der Waals surface area contributed by atoms with Crippen molar-refractivity contribution in [1.29, 1.82) is 0 Å². The van der Waals surface area contributed by atoms with Crippen LogP contribution in [0.1, 0.15) is 5.56 Å². The number of benzene rings is 1. The quantitative estimate of drug-likeness (QED) is 0.660. The number of nitrogens with zero attached hydrogens (tertiary/aromatic N) is 2. The molecule has 5 heteroatoms. The molecule has 2 aromatic rings. The Bertz CT molecular complexity index is 522. The molecule has 0 amide bonds. The fourth-order valence-corrected chi connectivity index (χ4v) is 1.86. The number of fused-ring (bicyclic) bond motifs is 3. The van der Waals surface area contributed by atoms with Gasteiger partial charge in [-0.05, 0) is 29.3 Å². The highest BCUT2D eigenvalue weighted by molar-refractivity contribution is 6.28. The fraction of sp³-hybridized carbons (Fsp3) is 0.0909. The molecule has 0 spiro atoms. The summed E-state index contributed by atoms with van der Waals surface area (Å²) in [5, 5.41) is 0.143. The Labute approximate surface area is 95.9 Å². The summed E-state index contributed by atoms with van der Waals surface area (Å²) >= 11 is 5.67. The number of ether oxygens (including phenoxy) is 1. The van der Waals surface area contributed by atoms with Crippen molar-refractivity contribution in [3.63, 3.8) is 0 Å². The van der Waals surface area contributed by atoms with Crippen LogP contribution in [0, 0.1) is 5.82 Å². The normalized spacial score (nSPS) is 12.6. The molecule has 1 aromatic carbocycles. The molecule has 1 aromatic heterocycles. The molecule has 2 heterocycles. The Hall–Kier alpha value is -1.68. The van der Waals surface area contributed by atoms with E-state index in [0.717, 1.165) is 16.7 Å². The Balaban J connectivity index is 2.23. The van der Waals surface area contributed by atoms with Crippen molar-refractivity contribution in [3.05, 3.63) is 41.1 Å². The number of hydrogen-bond acceptors (Lipinski definition) is 3. The highest BCUT2D eigenvalue weighted by Crippen LogP contribution is 2.36. The molecule has 3 rings (SSSR count). The summed E-state index contributed by atoms with van der Waals surface area (Å²) in [6.07, 6.45) is 1.58. The Morgan fingerprint density at radius 2 is 2.19 bits per heavy atom. The van der Waals surface area contributed by atoms with Gasteiger partial charge in [0.15, 0.2) is 0 Å². The summed E-state index contributed by atoms with van der Waals surface area (Å²) in [5.41, 5.74) is 2.42. The van der Waals surface area contributed by atoms with E-state index >= 15 is 0 Å². The molecular formula is C11H6ClFN2O. The Morgan fingerprint density at radius 3 is 3.06 bits per heavy atom. The summed E-state index contributed by atoms with van der Waals surface area (Å²) in [4.78, 5) is 7.87. The standard InChI is InChI=1S/C11H6ClFN2O/c12-11-14-4-9-8-2-1-7(13)3-6(8)5-16-10(9)15-11/h1-4H,5H2. The number of aromatic nitrogens is 2. The maximum absolute atomic E-state index is 13.0. The molecule has 0 fully saturated rings. The van der Waals surface area contributed by atoms with Gasteiger partial charge in [0.05, 0.1) is 5.56 Å². The molecule has 16 heavy (non-hydrogen) atoms. The van der Waals surface area contributed by atoms with E-state index in [9.17, 15) is 4.39 Å². The highest BCUT2D eigenvalue weighted by Gasteiger charge is 2.19. The van der Waals surface area contributed by atoms with Crippen LogP contribution in [-0.2, 0) is 6.61 Å². The molecule has 1 aliphatic rings. The minimum absolute atomic E-state index is 0.143. The van der Waals surface area contributed by atoms with Crippen molar-refractivity contribution in [2.45, 2.75) is 6.61 Å². The number of halogens is 2. The predicted octanol–water partition coefficient (Wildman–Crippen LogP) is 2.83. The van der Waals surface area contributed by atoms with Crippen LogP contribution in [0.15, 0.2) is 24.4 Å². The number of hydrogen-bond donors (Lipinski definition) is 0. The van der Waals surface area contributed by atoms with Crippen LogP contribution >= 0.6 is 11.6 Å². The van der Waals surface area contributed by atoms with E-state index in [1.54, 1.807) is 12.3 Å². The molecular weight excluding hydrogens is 231 g/mol. The summed E-state index contributed by atoms with van der Waals surface area (Å²) in [6.45, 7) is 0.299.